The third-order valence-corrected chi connectivity index (χ3v) is 2.66. The van der Waals surface area contributed by atoms with Gasteiger partial charge < -0.3 is 4.57 Å². The lowest BCUT2D eigenvalue weighted by atomic mass is 10.2. The van der Waals surface area contributed by atoms with Crippen LogP contribution in [0.2, 0.25) is 0 Å². The van der Waals surface area contributed by atoms with Crippen LogP contribution in [-0.2, 0) is 6.54 Å². The molecule has 1 radical (unpaired) electrons. The summed E-state index contributed by atoms with van der Waals surface area (Å²) in [5.74, 6) is 0. The Morgan fingerprint density at radius 3 is 2.88 bits per heavy atom. The molecule has 0 saturated carbocycles. The van der Waals surface area contributed by atoms with Gasteiger partial charge >= 0.3 is 0 Å². The minimum absolute atomic E-state index is 0.856. The van der Waals surface area contributed by atoms with Crippen LogP contribution in [0.3, 0.4) is 0 Å². The Bertz CT molecular complexity index is 596. The van der Waals surface area contributed by atoms with E-state index >= 15 is 0 Å². The predicted octanol–water partition coefficient (Wildman–Crippen LogP) is 2.88. The highest BCUT2D eigenvalue weighted by atomic mass is 15.0. The molecule has 1 aromatic heterocycles. The number of nitrogens with zero attached hydrogens (tertiary/aromatic N) is 2. The van der Waals surface area contributed by atoms with E-state index in [1.165, 1.54) is 5.56 Å². The maximum Gasteiger partial charge on any atom is 0.0961 e. The second-order valence-electron chi connectivity index (χ2n) is 3.77. The van der Waals surface area contributed by atoms with Crippen LogP contribution < -0.4 is 0 Å². The summed E-state index contributed by atoms with van der Waals surface area (Å²) in [5.41, 5.74) is 3.44. The predicted molar refractivity (Wildman–Crippen MR) is 64.1 cm³/mol. The van der Waals surface area contributed by atoms with Crippen LogP contribution in [0, 0.1) is 6.07 Å². The second-order valence-corrected chi connectivity index (χ2v) is 3.77. The van der Waals surface area contributed by atoms with Crippen molar-refractivity contribution in [2.75, 3.05) is 0 Å². The van der Waals surface area contributed by atoms with Crippen molar-refractivity contribution < 1.29 is 0 Å². The molecule has 0 unspecified atom stereocenters. The van der Waals surface area contributed by atoms with Gasteiger partial charge in [-0.3, -0.25) is 0 Å². The number of aromatic nitrogens is 2. The van der Waals surface area contributed by atoms with Crippen molar-refractivity contribution in [2.24, 2.45) is 0 Å². The molecule has 0 fully saturated rings. The Morgan fingerprint density at radius 2 is 2.00 bits per heavy atom. The maximum atomic E-state index is 4.36. The van der Waals surface area contributed by atoms with Crippen LogP contribution in [0.25, 0.3) is 11.0 Å². The van der Waals surface area contributed by atoms with Gasteiger partial charge in [-0.15, -0.1) is 0 Å². The highest BCUT2D eigenvalue weighted by Gasteiger charge is 2.01. The summed E-state index contributed by atoms with van der Waals surface area (Å²) in [4.78, 5) is 4.36. The van der Waals surface area contributed by atoms with Crippen LogP contribution in [-0.4, -0.2) is 9.55 Å². The summed E-state index contributed by atoms with van der Waals surface area (Å²) < 4.78 is 2.14. The van der Waals surface area contributed by atoms with Crippen LogP contribution in [0.1, 0.15) is 5.56 Å². The van der Waals surface area contributed by atoms with Crippen molar-refractivity contribution in [1.29, 1.82) is 0 Å². The van der Waals surface area contributed by atoms with Crippen molar-refractivity contribution in [1.82, 2.24) is 9.55 Å². The molecule has 2 aromatic carbocycles. The van der Waals surface area contributed by atoms with Crippen LogP contribution in [0.15, 0.2) is 54.9 Å². The first-order valence-electron chi connectivity index (χ1n) is 5.28. The topological polar surface area (TPSA) is 17.8 Å². The Morgan fingerprint density at radius 1 is 1.12 bits per heavy atom. The smallest absolute Gasteiger partial charge is 0.0961 e. The maximum absolute atomic E-state index is 4.36. The van der Waals surface area contributed by atoms with Gasteiger partial charge in [-0.05, 0) is 23.8 Å². The van der Waals surface area contributed by atoms with Crippen molar-refractivity contribution in [3.63, 3.8) is 0 Å². The fourth-order valence-corrected chi connectivity index (χ4v) is 1.85. The number of hydrogen-bond acceptors (Lipinski definition) is 1. The van der Waals surface area contributed by atoms with Gasteiger partial charge in [0.15, 0.2) is 0 Å². The van der Waals surface area contributed by atoms with E-state index < -0.39 is 0 Å². The normalized spacial score (nSPS) is 10.8. The molecule has 0 aliphatic rings. The molecule has 1 heterocycles. The zero-order valence-electron chi connectivity index (χ0n) is 8.80. The average molecular weight is 207 g/mol. The van der Waals surface area contributed by atoms with Crippen molar-refractivity contribution in [2.45, 2.75) is 6.54 Å². The van der Waals surface area contributed by atoms with Crippen molar-refractivity contribution in [3.05, 3.63) is 66.5 Å². The molecule has 77 valence electrons. The molecular formula is C14H11N2. The summed E-state index contributed by atoms with van der Waals surface area (Å²) >= 11 is 0. The van der Waals surface area contributed by atoms with E-state index in [0.29, 0.717) is 0 Å². The van der Waals surface area contributed by atoms with E-state index in [0.717, 1.165) is 17.6 Å². The Labute approximate surface area is 94.2 Å². The molecular weight excluding hydrogens is 196 g/mol. The lowest BCUT2D eigenvalue weighted by Crippen LogP contribution is -1.97. The molecule has 0 atom stereocenters. The molecule has 0 spiro atoms. The molecule has 3 aromatic rings. The van der Waals surface area contributed by atoms with Crippen molar-refractivity contribution >= 4 is 11.0 Å². The van der Waals surface area contributed by atoms with Crippen LogP contribution >= 0.6 is 0 Å². The number of rotatable bonds is 2. The number of imidazole rings is 1. The lowest BCUT2D eigenvalue weighted by molar-refractivity contribution is 0.824. The van der Waals surface area contributed by atoms with Crippen LogP contribution in [0.4, 0.5) is 0 Å². The number of fused-ring (bicyclic) bond motifs is 1. The van der Waals surface area contributed by atoms with Gasteiger partial charge in [-0.25, -0.2) is 4.98 Å². The SMILES string of the molecule is [c]1ccc2ncn(Cc3ccccc3)c2c1. The summed E-state index contributed by atoms with van der Waals surface area (Å²) in [6.45, 7) is 0.856. The van der Waals surface area contributed by atoms with Crippen LogP contribution in [0.5, 0.6) is 0 Å². The van der Waals surface area contributed by atoms with Gasteiger partial charge in [0.2, 0.25) is 0 Å². The molecule has 0 aliphatic carbocycles. The molecule has 0 bridgehead atoms. The molecule has 16 heavy (non-hydrogen) atoms. The van der Waals surface area contributed by atoms with Gasteiger partial charge in [0, 0.05) is 6.54 Å². The molecule has 0 saturated heterocycles. The van der Waals surface area contributed by atoms with Crippen molar-refractivity contribution in [3.8, 4) is 0 Å². The van der Waals surface area contributed by atoms with Gasteiger partial charge in [0.25, 0.3) is 0 Å². The summed E-state index contributed by atoms with van der Waals surface area (Å²) in [6, 6.07) is 19.3. The van der Waals surface area contributed by atoms with E-state index in [2.05, 4.69) is 39.9 Å². The third kappa shape index (κ3) is 1.58. The molecule has 3 rings (SSSR count). The average Bonchev–Trinajstić information content (AvgIpc) is 2.74. The van der Waals surface area contributed by atoms with Gasteiger partial charge in [0.1, 0.15) is 0 Å². The summed E-state index contributed by atoms with van der Waals surface area (Å²) in [5, 5.41) is 0. The molecule has 0 amide bonds. The fourth-order valence-electron chi connectivity index (χ4n) is 1.85. The van der Waals surface area contributed by atoms with Gasteiger partial charge in [-0.2, -0.15) is 0 Å². The first kappa shape index (κ1) is 9.16. The van der Waals surface area contributed by atoms with E-state index in [-0.39, 0.29) is 0 Å². The molecule has 2 nitrogen and oxygen atoms in total. The monoisotopic (exact) mass is 207 g/mol. The minimum atomic E-state index is 0.856. The van der Waals surface area contributed by atoms with E-state index in [4.69, 9.17) is 0 Å². The summed E-state index contributed by atoms with van der Waals surface area (Å²) in [6.07, 6.45) is 1.88. The van der Waals surface area contributed by atoms with Gasteiger partial charge in [0.05, 0.1) is 17.4 Å². The largest absolute Gasteiger partial charge is 0.326 e. The zero-order valence-corrected chi connectivity index (χ0v) is 8.80. The quantitative estimate of drug-likeness (QED) is 0.631. The van der Waals surface area contributed by atoms with E-state index in [9.17, 15) is 0 Å². The first-order valence-corrected chi connectivity index (χ1v) is 5.28. The van der Waals surface area contributed by atoms with E-state index in [1.807, 2.05) is 30.6 Å². The molecule has 0 N–H and O–H groups in total. The Kier molecular flexibility index (Phi) is 2.18. The third-order valence-electron chi connectivity index (χ3n) is 2.66. The zero-order chi connectivity index (χ0) is 10.8. The van der Waals surface area contributed by atoms with Gasteiger partial charge in [-0.1, -0.05) is 36.4 Å². The fraction of sp³-hybridized carbons (Fsp3) is 0.0714. The van der Waals surface area contributed by atoms with E-state index in [1.54, 1.807) is 0 Å². The Balaban J connectivity index is 2.01. The number of benzene rings is 2. The minimum Gasteiger partial charge on any atom is -0.326 e. The highest BCUT2D eigenvalue weighted by Crippen LogP contribution is 2.13. The first-order chi connectivity index (χ1) is 7.93. The highest BCUT2D eigenvalue weighted by molar-refractivity contribution is 5.74. The molecule has 2 heteroatoms. The second kappa shape index (κ2) is 3.81. The summed E-state index contributed by atoms with van der Waals surface area (Å²) in [7, 11) is 0. The molecule has 0 aliphatic heterocycles. The number of hydrogen-bond donors (Lipinski definition) is 0. The lowest BCUT2D eigenvalue weighted by Gasteiger charge is -2.03. The Hall–Kier alpha value is -2.09. The standard InChI is InChI=1S/C14H11N2/c1-2-6-12(7-3-1)10-16-11-15-13-8-4-5-9-14(13)16/h1-4,6-9,11H,10H2.